The van der Waals surface area contributed by atoms with Gasteiger partial charge in [0, 0.05) is 43.3 Å². The van der Waals surface area contributed by atoms with Crippen LogP contribution in [0.1, 0.15) is 18.4 Å². The lowest BCUT2D eigenvalue weighted by Crippen LogP contribution is -2.45. The predicted molar refractivity (Wildman–Crippen MR) is 87.5 cm³/mol. The molecule has 2 aromatic rings. The Morgan fingerprint density at radius 3 is 2.92 bits per heavy atom. The molecule has 1 N–H and O–H groups in total. The van der Waals surface area contributed by atoms with Crippen molar-refractivity contribution in [2.75, 3.05) is 18.4 Å². The molecule has 1 aliphatic rings. The number of pyridine rings is 1. The third-order valence-corrected chi connectivity index (χ3v) is 4.14. The van der Waals surface area contributed by atoms with E-state index in [1.54, 1.807) is 12.4 Å². The molecule has 24 heavy (non-hydrogen) atoms. The highest BCUT2D eigenvalue weighted by Crippen LogP contribution is 2.19. The van der Waals surface area contributed by atoms with E-state index in [9.17, 15) is 13.6 Å². The maximum absolute atomic E-state index is 13.3. The summed E-state index contributed by atoms with van der Waals surface area (Å²) in [5.74, 6) is -1.68. The highest BCUT2D eigenvalue weighted by molar-refractivity contribution is 5.78. The molecule has 2 heterocycles. The summed E-state index contributed by atoms with van der Waals surface area (Å²) in [5.41, 5.74) is 1.42. The third-order valence-electron chi connectivity index (χ3n) is 4.14. The Morgan fingerprint density at radius 1 is 1.29 bits per heavy atom. The number of hydrogen-bond acceptors (Lipinski definition) is 3. The van der Waals surface area contributed by atoms with Crippen LogP contribution in [0.5, 0.6) is 0 Å². The molecule has 0 radical (unpaired) electrons. The molecule has 1 aromatic carbocycles. The van der Waals surface area contributed by atoms with Gasteiger partial charge in [-0.2, -0.15) is 0 Å². The highest BCUT2D eigenvalue weighted by atomic mass is 19.2. The van der Waals surface area contributed by atoms with E-state index in [0.717, 1.165) is 37.1 Å². The van der Waals surface area contributed by atoms with Crippen LogP contribution < -0.4 is 5.32 Å². The van der Waals surface area contributed by atoms with Crippen LogP contribution in [-0.4, -0.2) is 34.9 Å². The van der Waals surface area contributed by atoms with Gasteiger partial charge in [0.25, 0.3) is 0 Å². The Hall–Kier alpha value is -2.50. The number of likely N-dealkylation sites (tertiary alicyclic amines) is 1. The molecule has 1 amide bonds. The fourth-order valence-corrected chi connectivity index (χ4v) is 2.93. The standard InChI is InChI=1S/C18H19F2N3O/c19-16-6-5-14(10-17(16)20)22-15-4-2-8-23(12-15)18(24)9-13-3-1-7-21-11-13/h1,3,5-7,10-11,15,22H,2,4,8-9,12H2/t15-/m1/s1. The number of nitrogens with zero attached hydrogens (tertiary/aromatic N) is 2. The van der Waals surface area contributed by atoms with Crippen LogP contribution in [0.4, 0.5) is 14.5 Å². The average Bonchev–Trinajstić information content (AvgIpc) is 2.59. The molecule has 126 valence electrons. The topological polar surface area (TPSA) is 45.2 Å². The van der Waals surface area contributed by atoms with Crippen molar-refractivity contribution in [1.82, 2.24) is 9.88 Å². The molecule has 1 aromatic heterocycles. The van der Waals surface area contributed by atoms with Crippen molar-refractivity contribution >= 4 is 11.6 Å². The van der Waals surface area contributed by atoms with Crippen LogP contribution in [0.15, 0.2) is 42.7 Å². The van der Waals surface area contributed by atoms with Crippen LogP contribution in [0.2, 0.25) is 0 Å². The first-order chi connectivity index (χ1) is 11.6. The minimum atomic E-state index is -0.875. The SMILES string of the molecule is O=C(Cc1cccnc1)N1CCC[C@@H](Nc2ccc(F)c(F)c2)C1. The predicted octanol–water partition coefficient (Wildman–Crippen LogP) is 3.01. The summed E-state index contributed by atoms with van der Waals surface area (Å²) < 4.78 is 26.3. The number of aromatic nitrogens is 1. The molecule has 1 atom stereocenters. The monoisotopic (exact) mass is 331 g/mol. The van der Waals surface area contributed by atoms with Crippen molar-refractivity contribution in [3.05, 3.63) is 59.9 Å². The maximum Gasteiger partial charge on any atom is 0.227 e. The maximum atomic E-state index is 13.3. The lowest BCUT2D eigenvalue weighted by Gasteiger charge is -2.33. The van der Waals surface area contributed by atoms with E-state index in [1.807, 2.05) is 17.0 Å². The molecule has 4 nitrogen and oxygen atoms in total. The molecule has 1 fully saturated rings. The number of nitrogens with one attached hydrogen (secondary N) is 1. The van der Waals surface area contributed by atoms with Gasteiger partial charge in [-0.1, -0.05) is 6.07 Å². The smallest absolute Gasteiger partial charge is 0.227 e. The summed E-state index contributed by atoms with van der Waals surface area (Å²) in [7, 11) is 0. The average molecular weight is 331 g/mol. The highest BCUT2D eigenvalue weighted by Gasteiger charge is 2.23. The minimum Gasteiger partial charge on any atom is -0.380 e. The van der Waals surface area contributed by atoms with Crippen molar-refractivity contribution < 1.29 is 13.6 Å². The number of benzene rings is 1. The summed E-state index contributed by atoms with van der Waals surface area (Å²) in [6.07, 6.45) is 5.46. The second-order valence-corrected chi connectivity index (χ2v) is 5.99. The third kappa shape index (κ3) is 4.07. The number of piperidine rings is 1. The number of halogens is 2. The van der Waals surface area contributed by atoms with Crippen LogP contribution in [0.3, 0.4) is 0 Å². The molecule has 0 spiro atoms. The van der Waals surface area contributed by atoms with Gasteiger partial charge < -0.3 is 10.2 Å². The number of anilines is 1. The van der Waals surface area contributed by atoms with Gasteiger partial charge in [0.2, 0.25) is 5.91 Å². The Kier molecular flexibility index (Phi) is 5.03. The van der Waals surface area contributed by atoms with Gasteiger partial charge in [-0.15, -0.1) is 0 Å². The van der Waals surface area contributed by atoms with Crippen LogP contribution in [0.25, 0.3) is 0 Å². The molecular weight excluding hydrogens is 312 g/mol. The van der Waals surface area contributed by atoms with E-state index in [-0.39, 0.29) is 11.9 Å². The van der Waals surface area contributed by atoms with Gasteiger partial charge in [-0.3, -0.25) is 9.78 Å². The van der Waals surface area contributed by atoms with Gasteiger partial charge in [-0.05, 0) is 36.6 Å². The number of rotatable bonds is 4. The molecule has 0 saturated carbocycles. The first-order valence-corrected chi connectivity index (χ1v) is 8.00. The molecule has 0 aliphatic carbocycles. The van der Waals surface area contributed by atoms with Gasteiger partial charge in [0.1, 0.15) is 0 Å². The second-order valence-electron chi connectivity index (χ2n) is 5.99. The Bertz CT molecular complexity index is 709. The lowest BCUT2D eigenvalue weighted by molar-refractivity contribution is -0.131. The largest absolute Gasteiger partial charge is 0.380 e. The van der Waals surface area contributed by atoms with Crippen molar-refractivity contribution in [3.63, 3.8) is 0 Å². The molecule has 0 bridgehead atoms. The minimum absolute atomic E-state index is 0.0291. The number of carbonyl (C=O) groups excluding carboxylic acids is 1. The molecular formula is C18H19F2N3O. The van der Waals surface area contributed by atoms with Crippen molar-refractivity contribution in [2.24, 2.45) is 0 Å². The lowest BCUT2D eigenvalue weighted by atomic mass is 10.0. The van der Waals surface area contributed by atoms with E-state index >= 15 is 0 Å². The van der Waals surface area contributed by atoms with Gasteiger partial charge in [0.15, 0.2) is 11.6 Å². The Labute approximate surface area is 139 Å². The summed E-state index contributed by atoms with van der Waals surface area (Å²) in [6, 6.07) is 7.48. The first-order valence-electron chi connectivity index (χ1n) is 8.00. The molecule has 3 rings (SSSR count). The number of carbonyl (C=O) groups is 1. The Morgan fingerprint density at radius 2 is 2.17 bits per heavy atom. The molecule has 1 aliphatic heterocycles. The molecule has 0 unspecified atom stereocenters. The fourth-order valence-electron chi connectivity index (χ4n) is 2.93. The van der Waals surface area contributed by atoms with Crippen molar-refractivity contribution in [3.8, 4) is 0 Å². The summed E-state index contributed by atoms with van der Waals surface area (Å²) in [4.78, 5) is 18.3. The first kappa shape index (κ1) is 16.4. The van der Waals surface area contributed by atoms with Crippen LogP contribution in [-0.2, 0) is 11.2 Å². The molecule has 1 saturated heterocycles. The van der Waals surface area contributed by atoms with E-state index in [4.69, 9.17) is 0 Å². The van der Waals surface area contributed by atoms with Gasteiger partial charge in [0.05, 0.1) is 6.42 Å². The zero-order valence-electron chi connectivity index (χ0n) is 13.2. The van der Waals surface area contributed by atoms with Crippen molar-refractivity contribution in [2.45, 2.75) is 25.3 Å². The van der Waals surface area contributed by atoms with E-state index in [0.29, 0.717) is 18.7 Å². The summed E-state index contributed by atoms with van der Waals surface area (Å²) in [5, 5.41) is 3.18. The normalized spacial score (nSPS) is 17.6. The summed E-state index contributed by atoms with van der Waals surface area (Å²) in [6.45, 7) is 1.27. The zero-order chi connectivity index (χ0) is 16.9. The number of hydrogen-bond donors (Lipinski definition) is 1. The van der Waals surface area contributed by atoms with Crippen LogP contribution >= 0.6 is 0 Å². The number of amides is 1. The van der Waals surface area contributed by atoms with E-state index in [1.165, 1.54) is 6.07 Å². The Balaban J connectivity index is 1.59. The van der Waals surface area contributed by atoms with E-state index in [2.05, 4.69) is 10.3 Å². The zero-order valence-corrected chi connectivity index (χ0v) is 13.2. The second kappa shape index (κ2) is 7.38. The van der Waals surface area contributed by atoms with Gasteiger partial charge in [-0.25, -0.2) is 8.78 Å². The van der Waals surface area contributed by atoms with Gasteiger partial charge >= 0.3 is 0 Å². The van der Waals surface area contributed by atoms with E-state index < -0.39 is 11.6 Å². The summed E-state index contributed by atoms with van der Waals surface area (Å²) >= 11 is 0. The fraction of sp³-hybridized carbons (Fsp3) is 0.333. The molecule has 6 heteroatoms. The quantitative estimate of drug-likeness (QED) is 0.937. The van der Waals surface area contributed by atoms with Crippen LogP contribution in [0, 0.1) is 11.6 Å². The van der Waals surface area contributed by atoms with Crippen molar-refractivity contribution in [1.29, 1.82) is 0 Å².